The Bertz CT molecular complexity index is 229. The van der Waals surface area contributed by atoms with Gasteiger partial charge in [0.1, 0.15) is 12.2 Å². The highest BCUT2D eigenvalue weighted by molar-refractivity contribution is 5.03. The van der Waals surface area contributed by atoms with E-state index in [2.05, 4.69) is 0 Å². The fraction of sp³-hybridized carbons (Fsp3) is 1.00. The minimum absolute atomic E-state index is 0.209. The van der Waals surface area contributed by atoms with Crippen molar-refractivity contribution in [3.05, 3.63) is 0 Å². The molecule has 14 heavy (non-hydrogen) atoms. The lowest BCUT2D eigenvalue weighted by Gasteiger charge is -2.24. The van der Waals surface area contributed by atoms with Crippen molar-refractivity contribution in [3.63, 3.8) is 0 Å². The molecule has 0 aromatic heterocycles. The molecular weight excluding hydrogens is 188 g/mol. The Morgan fingerprint density at radius 3 is 2.21 bits per heavy atom. The van der Waals surface area contributed by atoms with Crippen LogP contribution in [-0.2, 0) is 9.47 Å². The lowest BCUT2D eigenvalue weighted by atomic mass is 10.1. The van der Waals surface area contributed by atoms with Gasteiger partial charge in [0.2, 0.25) is 0 Å². The van der Waals surface area contributed by atoms with Gasteiger partial charge in [0, 0.05) is 5.92 Å². The Balaban J connectivity index is 2.19. The van der Waals surface area contributed by atoms with Crippen LogP contribution in [-0.4, -0.2) is 52.1 Å². The molecule has 5 nitrogen and oxygen atoms in total. The normalized spacial score (nSPS) is 50.8. The third-order valence-electron chi connectivity index (χ3n) is 2.92. The highest BCUT2D eigenvalue weighted by Crippen LogP contribution is 2.41. The molecule has 1 saturated heterocycles. The van der Waals surface area contributed by atoms with Gasteiger partial charge >= 0.3 is 0 Å². The molecule has 0 amide bonds. The Kier molecular flexibility index (Phi) is 2.32. The quantitative estimate of drug-likeness (QED) is 0.502. The van der Waals surface area contributed by atoms with Crippen molar-refractivity contribution in [3.8, 4) is 0 Å². The largest absolute Gasteiger partial charge is 0.396 e. The lowest BCUT2D eigenvalue weighted by Crippen LogP contribution is -2.36. The number of aliphatic hydroxyl groups is 3. The Labute approximate surface area is 82.3 Å². The van der Waals surface area contributed by atoms with Crippen LogP contribution in [0.4, 0.5) is 0 Å². The van der Waals surface area contributed by atoms with Gasteiger partial charge in [-0.25, -0.2) is 0 Å². The van der Waals surface area contributed by atoms with Gasteiger partial charge in [-0.05, 0) is 13.8 Å². The van der Waals surface area contributed by atoms with Gasteiger partial charge in [-0.15, -0.1) is 0 Å². The molecule has 0 radical (unpaired) electrons. The van der Waals surface area contributed by atoms with Crippen molar-refractivity contribution < 1.29 is 24.8 Å². The van der Waals surface area contributed by atoms with Crippen LogP contribution in [0.15, 0.2) is 0 Å². The van der Waals surface area contributed by atoms with Gasteiger partial charge in [0.05, 0.1) is 18.8 Å². The number of ether oxygens (including phenoxy) is 2. The molecule has 0 unspecified atom stereocenters. The molecule has 2 aliphatic rings. The zero-order chi connectivity index (χ0) is 10.5. The van der Waals surface area contributed by atoms with Crippen LogP contribution < -0.4 is 0 Å². The van der Waals surface area contributed by atoms with E-state index in [-0.39, 0.29) is 6.61 Å². The van der Waals surface area contributed by atoms with E-state index in [0.29, 0.717) is 0 Å². The lowest BCUT2D eigenvalue weighted by molar-refractivity contribution is -0.182. The first-order chi connectivity index (χ1) is 6.46. The predicted octanol–water partition coefficient (Wildman–Crippen LogP) is -1.15. The number of rotatable bonds is 1. The molecule has 5 heteroatoms. The first-order valence-corrected chi connectivity index (χ1v) is 4.79. The molecule has 1 aliphatic heterocycles. The highest BCUT2D eigenvalue weighted by Gasteiger charge is 2.57. The van der Waals surface area contributed by atoms with Crippen LogP contribution in [0.1, 0.15) is 13.8 Å². The maximum atomic E-state index is 9.64. The summed E-state index contributed by atoms with van der Waals surface area (Å²) in [5, 5.41) is 28.3. The van der Waals surface area contributed by atoms with Crippen LogP contribution >= 0.6 is 0 Å². The number of hydrogen-bond acceptors (Lipinski definition) is 5. The van der Waals surface area contributed by atoms with E-state index in [9.17, 15) is 10.2 Å². The standard InChI is InChI=1S/C9H16O5/c1-9(2)13-7-4(3-10)5(11)6(12)8(7)14-9/h4-8,10-12H,3H2,1-2H3/t4-,5-,6-,7-,8+/m1/s1. The van der Waals surface area contributed by atoms with Crippen molar-refractivity contribution in [1.29, 1.82) is 0 Å². The SMILES string of the molecule is CC1(C)O[C@@H]2[C@H](CO)[C@@H](O)[C@@H](O)[C@@H]2O1. The third-order valence-corrected chi connectivity index (χ3v) is 2.92. The molecule has 2 rings (SSSR count). The summed E-state index contributed by atoms with van der Waals surface area (Å²) in [7, 11) is 0. The van der Waals surface area contributed by atoms with E-state index in [1.54, 1.807) is 13.8 Å². The van der Waals surface area contributed by atoms with Gasteiger partial charge in [0.25, 0.3) is 0 Å². The molecule has 1 aliphatic carbocycles. The average molecular weight is 204 g/mol. The first kappa shape index (κ1) is 10.3. The molecular formula is C9H16O5. The summed E-state index contributed by atoms with van der Waals surface area (Å²) in [5.74, 6) is -1.21. The summed E-state index contributed by atoms with van der Waals surface area (Å²) in [6.45, 7) is 3.29. The number of aliphatic hydroxyl groups excluding tert-OH is 3. The van der Waals surface area contributed by atoms with E-state index in [1.165, 1.54) is 0 Å². The second kappa shape index (κ2) is 3.15. The smallest absolute Gasteiger partial charge is 0.163 e. The topological polar surface area (TPSA) is 79.2 Å². The van der Waals surface area contributed by atoms with Crippen molar-refractivity contribution in [2.75, 3.05) is 6.61 Å². The third kappa shape index (κ3) is 1.36. The maximum Gasteiger partial charge on any atom is 0.163 e. The minimum atomic E-state index is -0.973. The molecule has 3 N–H and O–H groups in total. The van der Waals surface area contributed by atoms with Crippen LogP contribution in [0, 0.1) is 5.92 Å². The highest BCUT2D eigenvalue weighted by atomic mass is 16.8. The average Bonchev–Trinajstić information content (AvgIpc) is 2.50. The maximum absolute atomic E-state index is 9.64. The second-order valence-electron chi connectivity index (χ2n) is 4.39. The van der Waals surface area contributed by atoms with Crippen LogP contribution in [0.3, 0.4) is 0 Å². The zero-order valence-corrected chi connectivity index (χ0v) is 8.25. The Hall–Kier alpha value is -0.200. The first-order valence-electron chi connectivity index (χ1n) is 4.79. The summed E-state index contributed by atoms with van der Waals surface area (Å²) >= 11 is 0. The van der Waals surface area contributed by atoms with Crippen molar-refractivity contribution in [1.82, 2.24) is 0 Å². The van der Waals surface area contributed by atoms with Crippen molar-refractivity contribution in [2.45, 2.75) is 44.1 Å². The molecule has 0 spiro atoms. The van der Waals surface area contributed by atoms with Crippen LogP contribution in [0.2, 0.25) is 0 Å². The van der Waals surface area contributed by atoms with Crippen molar-refractivity contribution in [2.24, 2.45) is 5.92 Å². The zero-order valence-electron chi connectivity index (χ0n) is 8.25. The Morgan fingerprint density at radius 1 is 1.07 bits per heavy atom. The molecule has 5 atom stereocenters. The minimum Gasteiger partial charge on any atom is -0.396 e. The molecule has 0 aromatic carbocycles. The summed E-state index contributed by atoms with van der Waals surface area (Å²) < 4.78 is 11.0. The fourth-order valence-corrected chi connectivity index (χ4v) is 2.27. The predicted molar refractivity (Wildman–Crippen MR) is 46.4 cm³/mol. The molecule has 1 heterocycles. The van der Waals surface area contributed by atoms with Crippen molar-refractivity contribution >= 4 is 0 Å². The van der Waals surface area contributed by atoms with Gasteiger partial charge in [-0.1, -0.05) is 0 Å². The summed E-state index contributed by atoms with van der Waals surface area (Å²) in [6.07, 6.45) is -2.89. The summed E-state index contributed by atoms with van der Waals surface area (Å²) in [5.41, 5.74) is 0. The van der Waals surface area contributed by atoms with E-state index < -0.39 is 36.1 Å². The molecule has 0 aromatic rings. The molecule has 0 bridgehead atoms. The second-order valence-corrected chi connectivity index (χ2v) is 4.39. The van der Waals surface area contributed by atoms with Crippen LogP contribution in [0.25, 0.3) is 0 Å². The van der Waals surface area contributed by atoms with Gasteiger partial charge in [0.15, 0.2) is 5.79 Å². The van der Waals surface area contributed by atoms with E-state index in [4.69, 9.17) is 14.6 Å². The Morgan fingerprint density at radius 2 is 1.64 bits per heavy atom. The number of hydrogen-bond donors (Lipinski definition) is 3. The van der Waals surface area contributed by atoms with E-state index >= 15 is 0 Å². The number of fused-ring (bicyclic) bond motifs is 1. The monoisotopic (exact) mass is 204 g/mol. The summed E-state index contributed by atoms with van der Waals surface area (Å²) in [6, 6.07) is 0. The fourth-order valence-electron chi connectivity index (χ4n) is 2.27. The van der Waals surface area contributed by atoms with Crippen LogP contribution in [0.5, 0.6) is 0 Å². The van der Waals surface area contributed by atoms with E-state index in [1.807, 2.05) is 0 Å². The molecule has 82 valence electrons. The van der Waals surface area contributed by atoms with Gasteiger partial charge in [-0.2, -0.15) is 0 Å². The molecule has 1 saturated carbocycles. The summed E-state index contributed by atoms with van der Waals surface area (Å²) in [4.78, 5) is 0. The van der Waals surface area contributed by atoms with E-state index in [0.717, 1.165) is 0 Å². The van der Waals surface area contributed by atoms with Gasteiger partial charge in [-0.3, -0.25) is 0 Å². The molecule has 2 fully saturated rings. The van der Waals surface area contributed by atoms with Gasteiger partial charge < -0.3 is 24.8 Å².